The van der Waals surface area contributed by atoms with Crippen molar-refractivity contribution >= 4 is 38.9 Å². The molecule has 11 rings (SSSR count). The first-order valence-corrected chi connectivity index (χ1v) is 19.1. The van der Waals surface area contributed by atoms with Crippen LogP contribution in [0.3, 0.4) is 0 Å². The van der Waals surface area contributed by atoms with Crippen molar-refractivity contribution in [1.29, 1.82) is 0 Å². The number of furan rings is 1. The standard InChI is InChI=1S/C51H34N4O/c1-4-15-33(16-5-1)38-22-12-26-43-46(38)40-21-10-11-25-42(40)55(43)44-27-13-24-41-47-39(23-14-28-45(47)56-48(41)44)34-29-31-37(32-30-34)51-53-49(35-17-6-2-7-18-35)52-50(54-51)36-19-8-3-9-20-36/h1-10,12-24,26-32H,11,25H2. The second kappa shape index (κ2) is 13.2. The number of hydrogen-bond acceptors (Lipinski definition) is 4. The Morgan fingerprint density at radius 2 is 1.00 bits per heavy atom. The molecule has 0 saturated carbocycles. The van der Waals surface area contributed by atoms with Gasteiger partial charge >= 0.3 is 0 Å². The lowest BCUT2D eigenvalue weighted by molar-refractivity contribution is 0.665. The van der Waals surface area contributed by atoms with Crippen molar-refractivity contribution in [3.8, 4) is 62.1 Å². The van der Waals surface area contributed by atoms with Crippen molar-refractivity contribution in [3.05, 3.63) is 187 Å². The molecule has 0 bridgehead atoms. The number of allylic oxidation sites excluding steroid dienone is 1. The third-order valence-electron chi connectivity index (χ3n) is 10.9. The largest absolute Gasteiger partial charge is 0.454 e. The maximum Gasteiger partial charge on any atom is 0.164 e. The lowest BCUT2D eigenvalue weighted by atomic mass is 9.95. The van der Waals surface area contributed by atoms with Gasteiger partial charge < -0.3 is 8.98 Å². The van der Waals surface area contributed by atoms with Crippen molar-refractivity contribution in [2.45, 2.75) is 12.8 Å². The zero-order chi connectivity index (χ0) is 37.0. The van der Waals surface area contributed by atoms with Gasteiger partial charge in [0.15, 0.2) is 23.1 Å². The van der Waals surface area contributed by atoms with Crippen LogP contribution >= 0.6 is 0 Å². The van der Waals surface area contributed by atoms with Gasteiger partial charge in [-0.15, -0.1) is 0 Å². The molecule has 1 aliphatic carbocycles. The molecule has 0 atom stereocenters. The minimum absolute atomic E-state index is 0.633. The summed E-state index contributed by atoms with van der Waals surface area (Å²) in [6.07, 6.45) is 6.58. The Labute approximate surface area is 323 Å². The number of nitrogens with zero attached hydrogens (tertiary/aromatic N) is 4. The Kier molecular flexibility index (Phi) is 7.56. The highest BCUT2D eigenvalue weighted by Crippen LogP contribution is 2.44. The number of para-hydroxylation sites is 1. The van der Waals surface area contributed by atoms with E-state index in [1.807, 2.05) is 60.7 Å². The molecular formula is C51H34N4O. The predicted octanol–water partition coefficient (Wildman–Crippen LogP) is 13.0. The number of fused-ring (bicyclic) bond motifs is 6. The SMILES string of the molecule is C1=Cc2c(n(-c3cccc4c3oc3cccc(-c5ccc(-c6nc(-c7ccccc7)nc(-c7ccccc7)n6)cc5)c34)c3cccc(-c4ccccc4)c23)CC1. The average Bonchev–Trinajstić information content (AvgIpc) is 3.84. The Bertz CT molecular complexity index is 3050. The second-order valence-electron chi connectivity index (χ2n) is 14.3. The van der Waals surface area contributed by atoms with Gasteiger partial charge in [-0.05, 0) is 53.3 Å². The van der Waals surface area contributed by atoms with Crippen LogP contribution in [0.15, 0.2) is 180 Å². The fourth-order valence-electron chi connectivity index (χ4n) is 8.39. The lowest BCUT2D eigenvalue weighted by Crippen LogP contribution is -2.03. The fourth-order valence-corrected chi connectivity index (χ4v) is 8.39. The molecule has 5 nitrogen and oxygen atoms in total. The topological polar surface area (TPSA) is 56.7 Å². The quantitative estimate of drug-likeness (QED) is 0.172. The molecule has 7 aromatic carbocycles. The molecule has 0 amide bonds. The molecule has 3 heterocycles. The molecule has 0 saturated heterocycles. The second-order valence-corrected chi connectivity index (χ2v) is 14.3. The van der Waals surface area contributed by atoms with Crippen molar-refractivity contribution in [1.82, 2.24) is 19.5 Å². The van der Waals surface area contributed by atoms with Gasteiger partial charge in [0.1, 0.15) is 5.58 Å². The first-order valence-electron chi connectivity index (χ1n) is 19.1. The smallest absolute Gasteiger partial charge is 0.164 e. The summed E-state index contributed by atoms with van der Waals surface area (Å²) in [5.41, 5.74) is 14.1. The maximum absolute atomic E-state index is 6.86. The summed E-state index contributed by atoms with van der Waals surface area (Å²) in [5.74, 6) is 1.93. The van der Waals surface area contributed by atoms with Crippen LogP contribution in [0.5, 0.6) is 0 Å². The normalized spacial score (nSPS) is 12.4. The predicted molar refractivity (Wildman–Crippen MR) is 228 cm³/mol. The maximum atomic E-state index is 6.86. The Morgan fingerprint density at radius 3 is 1.66 bits per heavy atom. The van der Waals surface area contributed by atoms with E-state index < -0.39 is 0 Å². The van der Waals surface area contributed by atoms with Crippen LogP contribution in [-0.4, -0.2) is 19.5 Å². The summed E-state index contributed by atoms with van der Waals surface area (Å²) >= 11 is 0. The van der Waals surface area contributed by atoms with Crippen LogP contribution in [0, 0.1) is 0 Å². The molecule has 3 aromatic heterocycles. The van der Waals surface area contributed by atoms with Gasteiger partial charge in [-0.25, -0.2) is 15.0 Å². The van der Waals surface area contributed by atoms with E-state index in [-0.39, 0.29) is 0 Å². The summed E-state index contributed by atoms with van der Waals surface area (Å²) in [6.45, 7) is 0. The van der Waals surface area contributed by atoms with Gasteiger partial charge in [0.2, 0.25) is 0 Å². The van der Waals surface area contributed by atoms with E-state index in [2.05, 4.69) is 126 Å². The van der Waals surface area contributed by atoms with E-state index in [4.69, 9.17) is 19.4 Å². The van der Waals surface area contributed by atoms with E-state index >= 15 is 0 Å². The zero-order valence-electron chi connectivity index (χ0n) is 30.4. The molecular weight excluding hydrogens is 685 g/mol. The van der Waals surface area contributed by atoms with E-state index in [0.29, 0.717) is 17.5 Å². The fraction of sp³-hybridized carbons (Fsp3) is 0.0392. The molecule has 0 spiro atoms. The van der Waals surface area contributed by atoms with Crippen LogP contribution in [0.4, 0.5) is 0 Å². The number of aromatic nitrogens is 4. The molecule has 0 unspecified atom stereocenters. The monoisotopic (exact) mass is 718 g/mol. The average molecular weight is 719 g/mol. The molecule has 0 N–H and O–H groups in total. The number of benzene rings is 7. The van der Waals surface area contributed by atoms with Gasteiger partial charge in [-0.1, -0.05) is 164 Å². The Hall–Kier alpha value is -7.37. The lowest BCUT2D eigenvalue weighted by Gasteiger charge is -2.13. The first kappa shape index (κ1) is 32.1. The summed E-state index contributed by atoms with van der Waals surface area (Å²) in [4.78, 5) is 14.8. The van der Waals surface area contributed by atoms with Gasteiger partial charge in [-0.2, -0.15) is 0 Å². The minimum Gasteiger partial charge on any atom is -0.454 e. The van der Waals surface area contributed by atoms with Gasteiger partial charge in [-0.3, -0.25) is 0 Å². The minimum atomic E-state index is 0.633. The molecule has 56 heavy (non-hydrogen) atoms. The third-order valence-corrected chi connectivity index (χ3v) is 10.9. The molecule has 0 fully saturated rings. The molecule has 10 aromatic rings. The van der Waals surface area contributed by atoms with Crippen molar-refractivity contribution in [2.24, 2.45) is 0 Å². The van der Waals surface area contributed by atoms with Gasteiger partial charge in [0.05, 0.1) is 11.2 Å². The zero-order valence-corrected chi connectivity index (χ0v) is 30.4. The molecule has 5 heteroatoms. The van der Waals surface area contributed by atoms with E-state index in [1.54, 1.807) is 0 Å². The molecule has 0 aliphatic heterocycles. The van der Waals surface area contributed by atoms with E-state index in [0.717, 1.165) is 68.3 Å². The third kappa shape index (κ3) is 5.28. The van der Waals surface area contributed by atoms with Crippen LogP contribution in [-0.2, 0) is 6.42 Å². The van der Waals surface area contributed by atoms with Crippen LogP contribution < -0.4 is 0 Å². The number of rotatable bonds is 6. The first-order chi connectivity index (χ1) is 27.8. The summed E-state index contributed by atoms with van der Waals surface area (Å²) in [5, 5.41) is 3.48. The Balaban J connectivity index is 1.04. The van der Waals surface area contributed by atoms with E-state index in [9.17, 15) is 0 Å². The highest BCUT2D eigenvalue weighted by Gasteiger charge is 2.24. The van der Waals surface area contributed by atoms with Crippen molar-refractivity contribution in [3.63, 3.8) is 0 Å². The van der Waals surface area contributed by atoms with Gasteiger partial charge in [0, 0.05) is 44.1 Å². The molecule has 0 radical (unpaired) electrons. The molecule has 264 valence electrons. The van der Waals surface area contributed by atoms with Gasteiger partial charge in [0.25, 0.3) is 0 Å². The van der Waals surface area contributed by atoms with E-state index in [1.165, 1.54) is 33.3 Å². The summed E-state index contributed by atoms with van der Waals surface area (Å²) in [6, 6.07) is 59.0. The Morgan fingerprint density at radius 1 is 0.464 bits per heavy atom. The van der Waals surface area contributed by atoms with Crippen LogP contribution in [0.25, 0.3) is 101 Å². The van der Waals surface area contributed by atoms with Crippen molar-refractivity contribution in [2.75, 3.05) is 0 Å². The van der Waals surface area contributed by atoms with Crippen LogP contribution in [0.1, 0.15) is 17.7 Å². The number of hydrogen-bond donors (Lipinski definition) is 0. The highest BCUT2D eigenvalue weighted by molar-refractivity contribution is 6.15. The summed E-state index contributed by atoms with van der Waals surface area (Å²) < 4.78 is 9.31. The molecule has 1 aliphatic rings. The summed E-state index contributed by atoms with van der Waals surface area (Å²) in [7, 11) is 0. The van der Waals surface area contributed by atoms with Crippen LogP contribution in [0.2, 0.25) is 0 Å². The van der Waals surface area contributed by atoms with Crippen molar-refractivity contribution < 1.29 is 4.42 Å². The highest BCUT2D eigenvalue weighted by atomic mass is 16.3.